The largest absolute Gasteiger partial charge is 0.493 e. The lowest BCUT2D eigenvalue weighted by Crippen LogP contribution is -2.29. The maximum Gasteiger partial charge on any atom is 0.266 e. The number of carbonyl (C=O) groups excluding carboxylic acids is 2. The van der Waals surface area contributed by atoms with Crippen LogP contribution in [-0.2, 0) is 9.59 Å². The second-order valence-corrected chi connectivity index (χ2v) is 8.64. The van der Waals surface area contributed by atoms with Crippen molar-refractivity contribution in [2.24, 2.45) is 0 Å². The zero-order valence-corrected chi connectivity index (χ0v) is 19.5. The highest BCUT2D eigenvalue weighted by atomic mass is 32.2. The number of methoxy groups -OCH3 is 2. The smallest absolute Gasteiger partial charge is 0.266 e. The van der Waals surface area contributed by atoms with Crippen molar-refractivity contribution in [2.75, 3.05) is 27.3 Å². The molecule has 1 fully saturated rings. The molecule has 2 amide bonds. The van der Waals surface area contributed by atoms with Crippen molar-refractivity contribution in [2.45, 2.75) is 45.4 Å². The summed E-state index contributed by atoms with van der Waals surface area (Å²) in [5.41, 5.74) is 0.849. The number of rotatable bonds is 12. The van der Waals surface area contributed by atoms with Crippen LogP contribution < -0.4 is 14.8 Å². The van der Waals surface area contributed by atoms with Crippen LogP contribution in [0.1, 0.15) is 51.0 Å². The Hall–Kier alpha value is -2.06. The average Bonchev–Trinajstić information content (AvgIpc) is 3.00. The number of carbonyl (C=O) groups is 2. The minimum Gasteiger partial charge on any atom is -0.493 e. The normalized spacial score (nSPS) is 15.0. The zero-order valence-electron chi connectivity index (χ0n) is 17.9. The maximum absolute atomic E-state index is 12.7. The first-order valence-corrected chi connectivity index (χ1v) is 11.5. The minimum atomic E-state index is -0.0721. The van der Waals surface area contributed by atoms with Crippen molar-refractivity contribution >= 4 is 46.2 Å². The molecule has 2 rings (SSSR count). The second kappa shape index (κ2) is 12.6. The van der Waals surface area contributed by atoms with Crippen LogP contribution in [-0.4, -0.2) is 48.3 Å². The summed E-state index contributed by atoms with van der Waals surface area (Å²) >= 11 is 6.71. The topological polar surface area (TPSA) is 67.9 Å². The van der Waals surface area contributed by atoms with Crippen LogP contribution >= 0.6 is 24.0 Å². The molecule has 8 heteroatoms. The molecule has 1 aliphatic heterocycles. The van der Waals surface area contributed by atoms with Gasteiger partial charge in [0.05, 0.1) is 19.1 Å². The number of hydrogen-bond donors (Lipinski definition) is 1. The summed E-state index contributed by atoms with van der Waals surface area (Å²) in [6.07, 6.45) is 6.95. The van der Waals surface area contributed by atoms with Crippen LogP contribution in [0.25, 0.3) is 6.08 Å². The average molecular weight is 451 g/mol. The molecule has 0 spiro atoms. The number of nitrogens with zero attached hydrogens (tertiary/aromatic N) is 1. The van der Waals surface area contributed by atoms with E-state index in [-0.39, 0.29) is 11.8 Å². The first kappa shape index (κ1) is 24.2. The van der Waals surface area contributed by atoms with Crippen molar-refractivity contribution in [3.63, 3.8) is 0 Å². The highest BCUT2D eigenvalue weighted by molar-refractivity contribution is 8.26. The van der Waals surface area contributed by atoms with E-state index in [1.165, 1.54) is 11.8 Å². The second-order valence-electron chi connectivity index (χ2n) is 6.96. The molecule has 0 radical (unpaired) electrons. The van der Waals surface area contributed by atoms with Gasteiger partial charge in [-0.05, 0) is 43.0 Å². The molecule has 30 heavy (non-hydrogen) atoms. The third-order valence-electron chi connectivity index (χ3n) is 4.72. The molecule has 1 N–H and O–H groups in total. The zero-order chi connectivity index (χ0) is 21.9. The quantitative estimate of drug-likeness (QED) is 0.290. The lowest BCUT2D eigenvalue weighted by atomic mass is 10.1. The molecular formula is C22H30N2O4S2. The number of nitrogens with one attached hydrogen (secondary N) is 1. The monoisotopic (exact) mass is 450 g/mol. The summed E-state index contributed by atoms with van der Waals surface area (Å²) in [4.78, 5) is 26.7. The summed E-state index contributed by atoms with van der Waals surface area (Å²) in [6.45, 7) is 3.42. The van der Waals surface area contributed by atoms with E-state index in [1.807, 2.05) is 24.3 Å². The van der Waals surface area contributed by atoms with Crippen LogP contribution in [0.15, 0.2) is 23.1 Å². The lowest BCUT2D eigenvalue weighted by Gasteiger charge is -2.14. The van der Waals surface area contributed by atoms with E-state index in [0.717, 1.165) is 44.2 Å². The molecule has 1 aliphatic rings. The SMILES string of the molecule is CCCCNC(=O)CCCCCN1C(=O)/C(=C/c2ccc(OC)c(OC)c2)SC1=S. The van der Waals surface area contributed by atoms with Gasteiger partial charge < -0.3 is 14.8 Å². The van der Waals surface area contributed by atoms with Crippen molar-refractivity contribution in [3.05, 3.63) is 28.7 Å². The number of amides is 2. The number of unbranched alkanes of at least 4 members (excludes halogenated alkanes) is 3. The Morgan fingerprint density at radius 2 is 1.93 bits per heavy atom. The van der Waals surface area contributed by atoms with E-state index in [4.69, 9.17) is 21.7 Å². The van der Waals surface area contributed by atoms with Gasteiger partial charge in [-0.2, -0.15) is 0 Å². The molecule has 0 bridgehead atoms. The Bertz CT molecular complexity index is 795. The molecule has 1 heterocycles. The van der Waals surface area contributed by atoms with Crippen molar-refractivity contribution < 1.29 is 19.1 Å². The van der Waals surface area contributed by atoms with Gasteiger partial charge in [0.1, 0.15) is 4.32 Å². The molecular weight excluding hydrogens is 420 g/mol. The molecule has 0 atom stereocenters. The van der Waals surface area contributed by atoms with Gasteiger partial charge in [0.15, 0.2) is 11.5 Å². The van der Waals surface area contributed by atoms with Crippen molar-refractivity contribution in [1.82, 2.24) is 10.2 Å². The third-order valence-corrected chi connectivity index (χ3v) is 6.09. The molecule has 0 aliphatic carbocycles. The van der Waals surface area contributed by atoms with Crippen LogP contribution in [0.4, 0.5) is 0 Å². The van der Waals surface area contributed by atoms with Crippen molar-refractivity contribution in [3.8, 4) is 11.5 Å². The van der Waals surface area contributed by atoms with Gasteiger partial charge in [-0.15, -0.1) is 0 Å². The Balaban J connectivity index is 1.83. The summed E-state index contributed by atoms with van der Waals surface area (Å²) in [5, 5.41) is 2.92. The van der Waals surface area contributed by atoms with Gasteiger partial charge in [0.25, 0.3) is 5.91 Å². The van der Waals surface area contributed by atoms with Gasteiger partial charge in [0.2, 0.25) is 5.91 Å². The van der Waals surface area contributed by atoms with E-state index in [9.17, 15) is 9.59 Å². The van der Waals surface area contributed by atoms with Gasteiger partial charge in [-0.3, -0.25) is 14.5 Å². The summed E-state index contributed by atoms with van der Waals surface area (Å²) in [5.74, 6) is 1.28. The van der Waals surface area contributed by atoms with E-state index in [2.05, 4.69) is 12.2 Å². The Morgan fingerprint density at radius 3 is 2.63 bits per heavy atom. The van der Waals surface area contributed by atoms with E-state index >= 15 is 0 Å². The summed E-state index contributed by atoms with van der Waals surface area (Å²) < 4.78 is 11.1. The molecule has 1 aromatic carbocycles. The number of thiocarbonyl (C=S) groups is 1. The van der Waals surface area contributed by atoms with Crippen LogP contribution in [0.2, 0.25) is 0 Å². The Labute approximate surface area is 188 Å². The van der Waals surface area contributed by atoms with Crippen LogP contribution in [0.5, 0.6) is 11.5 Å². The van der Waals surface area contributed by atoms with Gasteiger partial charge in [0, 0.05) is 19.5 Å². The van der Waals surface area contributed by atoms with Gasteiger partial charge in [-0.25, -0.2) is 0 Å². The number of hydrogen-bond acceptors (Lipinski definition) is 6. The van der Waals surface area contributed by atoms with E-state index in [1.54, 1.807) is 19.1 Å². The van der Waals surface area contributed by atoms with Crippen LogP contribution in [0.3, 0.4) is 0 Å². The van der Waals surface area contributed by atoms with Crippen molar-refractivity contribution in [1.29, 1.82) is 0 Å². The highest BCUT2D eigenvalue weighted by Gasteiger charge is 2.31. The predicted octanol–water partition coefficient (Wildman–Crippen LogP) is 4.38. The summed E-state index contributed by atoms with van der Waals surface area (Å²) in [7, 11) is 3.16. The maximum atomic E-state index is 12.7. The predicted molar refractivity (Wildman–Crippen MR) is 126 cm³/mol. The molecule has 164 valence electrons. The summed E-state index contributed by atoms with van der Waals surface area (Å²) in [6, 6.07) is 5.51. The Kier molecular flexibility index (Phi) is 10.2. The number of ether oxygens (including phenoxy) is 2. The molecule has 1 saturated heterocycles. The fraction of sp³-hybridized carbons (Fsp3) is 0.500. The highest BCUT2D eigenvalue weighted by Crippen LogP contribution is 2.34. The first-order valence-electron chi connectivity index (χ1n) is 10.2. The fourth-order valence-corrected chi connectivity index (χ4v) is 4.32. The lowest BCUT2D eigenvalue weighted by molar-refractivity contribution is -0.122. The minimum absolute atomic E-state index is 0.0721. The van der Waals surface area contributed by atoms with E-state index < -0.39 is 0 Å². The molecule has 1 aromatic rings. The standard InChI is InChI=1S/C22H30N2O4S2/c1-4-5-12-23-20(25)9-7-6-8-13-24-21(26)19(30-22(24)29)15-16-10-11-17(27-2)18(14-16)28-3/h10-11,14-15H,4-9,12-13H2,1-3H3,(H,23,25)/b19-15-. The number of thioether (sulfide) groups is 1. The Morgan fingerprint density at radius 1 is 1.17 bits per heavy atom. The molecule has 0 aromatic heterocycles. The third kappa shape index (κ3) is 7.02. The fourth-order valence-electron chi connectivity index (χ4n) is 3.01. The van der Waals surface area contributed by atoms with E-state index in [0.29, 0.717) is 33.7 Å². The first-order chi connectivity index (χ1) is 14.5. The van der Waals surface area contributed by atoms with Gasteiger partial charge >= 0.3 is 0 Å². The van der Waals surface area contributed by atoms with Gasteiger partial charge in [-0.1, -0.05) is 49.8 Å². The molecule has 6 nitrogen and oxygen atoms in total. The number of benzene rings is 1. The molecule has 0 unspecified atom stereocenters. The van der Waals surface area contributed by atoms with Crippen LogP contribution in [0, 0.1) is 0 Å². The molecule has 0 saturated carbocycles.